The first-order valence-corrected chi connectivity index (χ1v) is 14.3. The van der Waals surface area contributed by atoms with Crippen molar-refractivity contribution in [3.63, 3.8) is 0 Å². The molecule has 0 unspecified atom stereocenters. The van der Waals surface area contributed by atoms with Crippen LogP contribution in [0.4, 0.5) is 5.69 Å². The number of benzene rings is 2. The molecule has 0 aromatic heterocycles. The van der Waals surface area contributed by atoms with Gasteiger partial charge in [0.25, 0.3) is 0 Å². The van der Waals surface area contributed by atoms with Crippen molar-refractivity contribution in [1.29, 1.82) is 0 Å². The van der Waals surface area contributed by atoms with Gasteiger partial charge < -0.3 is 21.1 Å². The average Bonchev–Trinajstić information content (AvgIpc) is 3.31. The van der Waals surface area contributed by atoms with Crippen molar-refractivity contribution in [2.24, 2.45) is 5.41 Å². The molecule has 2 aromatic carbocycles. The Morgan fingerprint density at radius 2 is 1.82 bits per heavy atom. The lowest BCUT2D eigenvalue weighted by atomic mass is 9.62. The molecule has 38 heavy (non-hydrogen) atoms. The minimum atomic E-state index is -1.12. The summed E-state index contributed by atoms with van der Waals surface area (Å²) in [6.45, 7) is 6.38. The Balaban J connectivity index is 1.67. The van der Waals surface area contributed by atoms with Crippen molar-refractivity contribution in [2.45, 2.75) is 88.4 Å². The van der Waals surface area contributed by atoms with E-state index in [-0.39, 0.29) is 35.4 Å². The van der Waals surface area contributed by atoms with Gasteiger partial charge in [-0.25, -0.2) is 0 Å². The van der Waals surface area contributed by atoms with Crippen molar-refractivity contribution in [3.05, 3.63) is 62.6 Å². The summed E-state index contributed by atoms with van der Waals surface area (Å²) in [5.74, 6) is -0.996. The van der Waals surface area contributed by atoms with Gasteiger partial charge in [-0.1, -0.05) is 73.8 Å². The van der Waals surface area contributed by atoms with E-state index in [0.29, 0.717) is 58.4 Å². The maximum Gasteiger partial charge on any atom is 0.238 e. The van der Waals surface area contributed by atoms with Crippen LogP contribution in [0.3, 0.4) is 0 Å². The van der Waals surface area contributed by atoms with Crippen LogP contribution in [-0.2, 0) is 15.0 Å². The monoisotopic (exact) mass is 577 g/mol. The van der Waals surface area contributed by atoms with Gasteiger partial charge in [0.2, 0.25) is 11.8 Å². The molecule has 9 heteroatoms. The molecule has 0 radical (unpaired) electrons. The quantitative estimate of drug-likeness (QED) is 0.368. The number of rotatable bonds is 4. The van der Waals surface area contributed by atoms with Gasteiger partial charge in [0.1, 0.15) is 5.41 Å². The zero-order chi connectivity index (χ0) is 27.4. The van der Waals surface area contributed by atoms with Gasteiger partial charge in [-0.15, -0.1) is 0 Å². The van der Waals surface area contributed by atoms with Gasteiger partial charge in [-0.05, 0) is 66.8 Å². The normalized spacial score (nSPS) is 30.8. The Morgan fingerprint density at radius 1 is 1.11 bits per heavy atom. The molecule has 2 amide bonds. The minimum Gasteiger partial charge on any atom is -0.393 e. The first-order valence-electron chi connectivity index (χ1n) is 13.2. The molecule has 1 saturated carbocycles. The number of hydrogen-bond acceptors (Lipinski definition) is 4. The third-order valence-electron chi connectivity index (χ3n) is 8.26. The third kappa shape index (κ3) is 4.84. The second-order valence-corrected chi connectivity index (χ2v) is 13.3. The van der Waals surface area contributed by atoms with Crippen molar-refractivity contribution in [3.8, 4) is 0 Å². The van der Waals surface area contributed by atoms with Crippen LogP contribution in [0.15, 0.2) is 36.4 Å². The van der Waals surface area contributed by atoms with Crippen LogP contribution in [0.5, 0.6) is 0 Å². The first kappa shape index (κ1) is 27.7. The number of amides is 2. The van der Waals surface area contributed by atoms with Crippen molar-refractivity contribution in [2.75, 3.05) is 5.32 Å². The Bertz CT molecular complexity index is 1260. The molecule has 1 saturated heterocycles. The van der Waals surface area contributed by atoms with Gasteiger partial charge >= 0.3 is 0 Å². The van der Waals surface area contributed by atoms with E-state index in [4.69, 9.17) is 34.8 Å². The molecule has 2 aliphatic heterocycles. The van der Waals surface area contributed by atoms with E-state index in [1.807, 2.05) is 12.1 Å². The number of anilines is 1. The SMILES string of the molecule is CC(C)(C)C[C@@H]1N[C@@H](C(=O)N[C@H]2CC[C@H](O)CC2)[C@H](c2cccc(Cl)c2Cl)[C@]12C(=O)Nc1cc(Cl)ccc12. The lowest BCUT2D eigenvalue weighted by Crippen LogP contribution is -2.49. The summed E-state index contributed by atoms with van der Waals surface area (Å²) in [6, 6.07) is 9.67. The van der Waals surface area contributed by atoms with Crippen molar-refractivity contribution >= 4 is 52.3 Å². The van der Waals surface area contributed by atoms with Crippen LogP contribution >= 0.6 is 34.8 Å². The smallest absolute Gasteiger partial charge is 0.238 e. The molecule has 204 valence electrons. The third-order valence-corrected chi connectivity index (χ3v) is 9.33. The van der Waals surface area contributed by atoms with E-state index in [1.54, 1.807) is 24.3 Å². The second-order valence-electron chi connectivity index (χ2n) is 12.1. The number of fused-ring (bicyclic) bond motifs is 2. The van der Waals surface area contributed by atoms with E-state index < -0.39 is 17.4 Å². The number of halogens is 3. The summed E-state index contributed by atoms with van der Waals surface area (Å²) >= 11 is 19.6. The van der Waals surface area contributed by atoms with Gasteiger partial charge in [0.05, 0.1) is 22.2 Å². The summed E-state index contributed by atoms with van der Waals surface area (Å²) in [6.07, 6.45) is 3.03. The Kier molecular flexibility index (Phi) is 7.51. The fraction of sp³-hybridized carbons (Fsp3) is 0.517. The van der Waals surface area contributed by atoms with Gasteiger partial charge in [-0.3, -0.25) is 9.59 Å². The molecule has 1 aliphatic carbocycles. The van der Waals surface area contributed by atoms with Crippen molar-refractivity contribution in [1.82, 2.24) is 10.6 Å². The number of aliphatic hydroxyl groups excluding tert-OH is 1. The molecule has 5 rings (SSSR count). The molecular weight excluding hydrogens is 545 g/mol. The predicted octanol–water partition coefficient (Wildman–Crippen LogP) is 5.82. The zero-order valence-corrected chi connectivity index (χ0v) is 24.1. The summed E-state index contributed by atoms with van der Waals surface area (Å²) in [5, 5.41) is 21.0. The molecular formula is C29H34Cl3N3O3. The fourth-order valence-corrected chi connectivity index (χ4v) is 7.26. The summed E-state index contributed by atoms with van der Waals surface area (Å²) < 4.78 is 0. The molecule has 4 N–H and O–H groups in total. The van der Waals surface area contributed by atoms with Crippen LogP contribution in [-0.4, -0.2) is 41.2 Å². The summed E-state index contributed by atoms with van der Waals surface area (Å²) in [5.41, 5.74) is 0.833. The van der Waals surface area contributed by atoms with E-state index in [2.05, 4.69) is 36.7 Å². The average molecular weight is 579 g/mol. The van der Waals surface area contributed by atoms with Crippen LogP contribution in [0.2, 0.25) is 15.1 Å². The maximum atomic E-state index is 14.2. The highest BCUT2D eigenvalue weighted by molar-refractivity contribution is 6.42. The summed E-state index contributed by atoms with van der Waals surface area (Å²) in [7, 11) is 0. The van der Waals surface area contributed by atoms with Crippen molar-refractivity contribution < 1.29 is 14.7 Å². The molecule has 1 spiro atoms. The molecule has 6 nitrogen and oxygen atoms in total. The maximum absolute atomic E-state index is 14.2. The van der Waals surface area contributed by atoms with Crippen LogP contribution in [0.25, 0.3) is 0 Å². The highest BCUT2D eigenvalue weighted by atomic mass is 35.5. The largest absolute Gasteiger partial charge is 0.393 e. The molecule has 2 fully saturated rings. The lowest BCUT2D eigenvalue weighted by Gasteiger charge is -2.38. The summed E-state index contributed by atoms with van der Waals surface area (Å²) in [4.78, 5) is 28.2. The predicted molar refractivity (Wildman–Crippen MR) is 152 cm³/mol. The number of carbonyl (C=O) groups excluding carboxylic acids is 2. The first-order chi connectivity index (χ1) is 17.9. The number of hydrogen-bond donors (Lipinski definition) is 4. The van der Waals surface area contributed by atoms with E-state index in [9.17, 15) is 14.7 Å². The highest BCUT2D eigenvalue weighted by Crippen LogP contribution is 2.57. The number of nitrogens with one attached hydrogen (secondary N) is 3. The van der Waals surface area contributed by atoms with Gasteiger partial charge in [-0.2, -0.15) is 0 Å². The minimum absolute atomic E-state index is 0.0377. The molecule has 3 aliphatic rings. The van der Waals surface area contributed by atoms with E-state index in [1.165, 1.54) is 0 Å². The van der Waals surface area contributed by atoms with Crippen LogP contribution in [0, 0.1) is 5.41 Å². The molecule has 2 aromatic rings. The number of carbonyl (C=O) groups is 2. The lowest BCUT2D eigenvalue weighted by molar-refractivity contribution is -0.124. The van der Waals surface area contributed by atoms with E-state index >= 15 is 0 Å². The van der Waals surface area contributed by atoms with Crippen LogP contribution in [0.1, 0.15) is 69.9 Å². The topological polar surface area (TPSA) is 90.5 Å². The van der Waals surface area contributed by atoms with Gasteiger partial charge in [0.15, 0.2) is 0 Å². The zero-order valence-electron chi connectivity index (χ0n) is 21.8. The standard InChI is InChI=1S/C29H34Cl3N3O3/c1-28(2,3)14-22-29(19-12-7-15(30)13-21(19)34-27(29)38)23(18-5-4-6-20(31)24(18)32)25(35-22)26(37)33-16-8-10-17(36)11-9-16/h4-7,12-13,16-17,22-23,25,35-36H,8-11,14H2,1-3H3,(H,33,37)(H,34,38)/t16-,17-,22-,23-,25+,29+/m0/s1. The molecule has 2 heterocycles. The fourth-order valence-electron chi connectivity index (χ4n) is 6.66. The molecule has 0 bridgehead atoms. The van der Waals surface area contributed by atoms with E-state index in [0.717, 1.165) is 5.56 Å². The number of aliphatic hydroxyl groups is 1. The Hall–Kier alpha value is -1.83. The second kappa shape index (κ2) is 10.3. The van der Waals surface area contributed by atoms with Gasteiger partial charge in [0, 0.05) is 28.7 Å². The molecule has 4 atom stereocenters. The Labute approximate surface area is 238 Å². The Morgan fingerprint density at radius 3 is 2.50 bits per heavy atom. The highest BCUT2D eigenvalue weighted by Gasteiger charge is 2.66. The van der Waals surface area contributed by atoms with Crippen LogP contribution < -0.4 is 16.0 Å².